The summed E-state index contributed by atoms with van der Waals surface area (Å²) in [6.07, 6.45) is 1.54. The highest BCUT2D eigenvalue weighted by molar-refractivity contribution is 7.92. The van der Waals surface area contributed by atoms with Crippen molar-refractivity contribution in [2.75, 3.05) is 26.0 Å². The minimum absolute atomic E-state index is 0.0955. The number of methoxy groups -OCH3 is 1. The molecular formula is C14H20N2O4S. The Morgan fingerprint density at radius 3 is 2.71 bits per heavy atom. The molecular weight excluding hydrogens is 292 g/mol. The first-order valence-electron chi connectivity index (χ1n) is 6.85. The maximum Gasteiger partial charge on any atom is 0.259 e. The number of amides is 1. The summed E-state index contributed by atoms with van der Waals surface area (Å²) in [5.74, 6) is 0.278. The zero-order valence-corrected chi connectivity index (χ0v) is 13.3. The van der Waals surface area contributed by atoms with Crippen LogP contribution in [0.25, 0.3) is 0 Å². The lowest BCUT2D eigenvalue weighted by molar-refractivity contribution is 0.0654. The van der Waals surface area contributed by atoms with Crippen LogP contribution in [0.1, 0.15) is 24.2 Å². The second-order valence-electron chi connectivity index (χ2n) is 5.62. The van der Waals surface area contributed by atoms with Crippen molar-refractivity contribution in [3.8, 4) is 5.88 Å². The monoisotopic (exact) mass is 312 g/mol. The van der Waals surface area contributed by atoms with Crippen LogP contribution < -0.4 is 4.74 Å². The van der Waals surface area contributed by atoms with Gasteiger partial charge < -0.3 is 9.64 Å². The summed E-state index contributed by atoms with van der Waals surface area (Å²) in [5, 5.41) is -0.452. The highest BCUT2D eigenvalue weighted by Gasteiger charge is 2.40. The lowest BCUT2D eigenvalue weighted by Crippen LogP contribution is -2.57. The average molecular weight is 312 g/mol. The SMILES string of the molecule is COc1ncccc1C(=O)N1CC(S(=O)(=O)CC(C)C)C1. The molecule has 0 spiro atoms. The molecule has 1 aliphatic rings. The van der Waals surface area contributed by atoms with Crippen LogP contribution in [-0.2, 0) is 9.84 Å². The van der Waals surface area contributed by atoms with Crippen molar-refractivity contribution in [1.82, 2.24) is 9.88 Å². The van der Waals surface area contributed by atoms with Gasteiger partial charge in [-0.05, 0) is 18.1 Å². The number of aromatic nitrogens is 1. The summed E-state index contributed by atoms with van der Waals surface area (Å²) in [7, 11) is -1.68. The predicted molar refractivity (Wildman–Crippen MR) is 79.1 cm³/mol. The van der Waals surface area contributed by atoms with E-state index in [9.17, 15) is 13.2 Å². The summed E-state index contributed by atoms with van der Waals surface area (Å²) in [6.45, 7) is 4.23. The maximum absolute atomic E-state index is 12.3. The Labute approximate surface area is 125 Å². The van der Waals surface area contributed by atoms with Crippen molar-refractivity contribution in [2.24, 2.45) is 5.92 Å². The zero-order chi connectivity index (χ0) is 15.6. The van der Waals surface area contributed by atoms with Crippen molar-refractivity contribution in [1.29, 1.82) is 0 Å². The molecule has 2 heterocycles. The van der Waals surface area contributed by atoms with E-state index >= 15 is 0 Å². The Bertz CT molecular complexity index is 622. The number of rotatable bonds is 5. The molecule has 0 aromatic carbocycles. The molecule has 0 aliphatic carbocycles. The van der Waals surface area contributed by atoms with E-state index in [1.54, 1.807) is 18.3 Å². The standard InChI is InChI=1S/C14H20N2O4S/c1-10(2)9-21(18,19)11-7-16(8-11)14(17)12-5-4-6-15-13(12)20-3/h4-6,10-11H,7-9H2,1-3H3. The Morgan fingerprint density at radius 2 is 2.14 bits per heavy atom. The van der Waals surface area contributed by atoms with Crippen LogP contribution in [0.5, 0.6) is 5.88 Å². The topological polar surface area (TPSA) is 76.6 Å². The second kappa shape index (κ2) is 6.01. The Kier molecular flexibility index (Phi) is 4.51. The van der Waals surface area contributed by atoms with E-state index < -0.39 is 15.1 Å². The number of hydrogen-bond acceptors (Lipinski definition) is 5. The van der Waals surface area contributed by atoms with Gasteiger partial charge in [0.1, 0.15) is 5.56 Å². The lowest BCUT2D eigenvalue weighted by atomic mass is 10.1. The number of carbonyl (C=O) groups is 1. The highest BCUT2D eigenvalue weighted by atomic mass is 32.2. The van der Waals surface area contributed by atoms with E-state index in [0.29, 0.717) is 5.56 Å². The van der Waals surface area contributed by atoms with Gasteiger partial charge in [0.05, 0.1) is 18.1 Å². The van der Waals surface area contributed by atoms with Crippen LogP contribution in [0.15, 0.2) is 18.3 Å². The van der Waals surface area contributed by atoms with Crippen molar-refractivity contribution in [2.45, 2.75) is 19.1 Å². The summed E-state index contributed by atoms with van der Waals surface area (Å²) in [6, 6.07) is 3.28. The molecule has 21 heavy (non-hydrogen) atoms. The summed E-state index contributed by atoms with van der Waals surface area (Å²) in [5.41, 5.74) is 0.361. The quantitative estimate of drug-likeness (QED) is 0.810. The molecule has 7 heteroatoms. The van der Waals surface area contributed by atoms with E-state index in [4.69, 9.17) is 4.74 Å². The van der Waals surface area contributed by atoms with Gasteiger partial charge in [-0.25, -0.2) is 13.4 Å². The van der Waals surface area contributed by atoms with Gasteiger partial charge in [0, 0.05) is 19.3 Å². The Hall–Kier alpha value is -1.63. The van der Waals surface area contributed by atoms with Crippen LogP contribution in [0.2, 0.25) is 0 Å². The van der Waals surface area contributed by atoms with Crippen LogP contribution in [0, 0.1) is 5.92 Å². The first-order chi connectivity index (χ1) is 9.85. The van der Waals surface area contributed by atoms with Crippen molar-refractivity contribution in [3.05, 3.63) is 23.9 Å². The molecule has 0 N–H and O–H groups in total. The summed E-state index contributed by atoms with van der Waals surface area (Å²) >= 11 is 0. The van der Waals surface area contributed by atoms with Gasteiger partial charge in [0.15, 0.2) is 9.84 Å². The van der Waals surface area contributed by atoms with E-state index in [2.05, 4.69) is 4.98 Å². The van der Waals surface area contributed by atoms with E-state index in [-0.39, 0.29) is 36.5 Å². The smallest absolute Gasteiger partial charge is 0.259 e. The highest BCUT2D eigenvalue weighted by Crippen LogP contribution is 2.24. The second-order valence-corrected chi connectivity index (χ2v) is 7.94. The van der Waals surface area contributed by atoms with Gasteiger partial charge in [0.2, 0.25) is 5.88 Å². The predicted octanol–water partition coefficient (Wildman–Crippen LogP) is 0.985. The molecule has 116 valence electrons. The normalized spacial score (nSPS) is 15.9. The molecule has 1 aliphatic heterocycles. The third kappa shape index (κ3) is 3.34. The summed E-state index contributed by atoms with van der Waals surface area (Å²) < 4.78 is 29.2. The molecule has 1 fully saturated rings. The van der Waals surface area contributed by atoms with Crippen LogP contribution in [-0.4, -0.2) is 55.4 Å². The van der Waals surface area contributed by atoms with Crippen LogP contribution in [0.3, 0.4) is 0 Å². The molecule has 0 radical (unpaired) electrons. The number of ether oxygens (including phenoxy) is 1. The number of carbonyl (C=O) groups excluding carboxylic acids is 1. The van der Waals surface area contributed by atoms with Gasteiger partial charge in [-0.3, -0.25) is 4.79 Å². The Morgan fingerprint density at radius 1 is 1.48 bits per heavy atom. The number of sulfone groups is 1. The first kappa shape index (κ1) is 15.8. The molecule has 0 atom stereocenters. The minimum Gasteiger partial charge on any atom is -0.480 e. The number of nitrogens with zero attached hydrogens (tertiary/aromatic N) is 2. The Balaban J connectivity index is 2.03. The van der Waals surface area contributed by atoms with Gasteiger partial charge >= 0.3 is 0 Å². The van der Waals surface area contributed by atoms with Gasteiger partial charge in [-0.2, -0.15) is 0 Å². The molecule has 0 bridgehead atoms. The number of likely N-dealkylation sites (tertiary alicyclic amines) is 1. The van der Waals surface area contributed by atoms with Crippen molar-refractivity contribution < 1.29 is 17.9 Å². The van der Waals surface area contributed by atoms with Crippen LogP contribution in [0.4, 0.5) is 0 Å². The van der Waals surface area contributed by atoms with E-state index in [1.165, 1.54) is 12.0 Å². The fraction of sp³-hybridized carbons (Fsp3) is 0.571. The lowest BCUT2D eigenvalue weighted by Gasteiger charge is -2.39. The van der Waals surface area contributed by atoms with E-state index in [1.807, 2.05) is 13.8 Å². The molecule has 2 rings (SSSR count). The fourth-order valence-electron chi connectivity index (χ4n) is 2.32. The third-order valence-corrected chi connectivity index (χ3v) is 5.85. The number of pyridine rings is 1. The largest absolute Gasteiger partial charge is 0.480 e. The average Bonchev–Trinajstić information content (AvgIpc) is 2.34. The molecule has 1 saturated heterocycles. The molecule has 1 amide bonds. The zero-order valence-electron chi connectivity index (χ0n) is 12.4. The summed E-state index contributed by atoms with van der Waals surface area (Å²) in [4.78, 5) is 17.8. The third-order valence-electron chi connectivity index (χ3n) is 3.40. The maximum atomic E-state index is 12.3. The van der Waals surface area contributed by atoms with Crippen LogP contribution >= 0.6 is 0 Å². The van der Waals surface area contributed by atoms with Crippen molar-refractivity contribution in [3.63, 3.8) is 0 Å². The number of hydrogen-bond donors (Lipinski definition) is 0. The van der Waals surface area contributed by atoms with Crippen molar-refractivity contribution >= 4 is 15.7 Å². The fourth-order valence-corrected chi connectivity index (χ4v) is 4.33. The molecule has 6 nitrogen and oxygen atoms in total. The molecule has 1 aromatic heterocycles. The first-order valence-corrected chi connectivity index (χ1v) is 8.56. The van der Waals surface area contributed by atoms with E-state index in [0.717, 1.165) is 0 Å². The molecule has 0 saturated carbocycles. The molecule has 1 aromatic rings. The van der Waals surface area contributed by atoms with Gasteiger partial charge in [-0.1, -0.05) is 13.8 Å². The minimum atomic E-state index is -3.13. The van der Waals surface area contributed by atoms with Gasteiger partial charge in [-0.15, -0.1) is 0 Å². The van der Waals surface area contributed by atoms with Gasteiger partial charge in [0.25, 0.3) is 5.91 Å². The molecule has 0 unspecified atom stereocenters.